The summed E-state index contributed by atoms with van der Waals surface area (Å²) < 4.78 is 1.97. The number of hydrogen-bond donors (Lipinski definition) is 2. The number of amides is 1. The second-order valence-electron chi connectivity index (χ2n) is 4.93. The summed E-state index contributed by atoms with van der Waals surface area (Å²) in [4.78, 5) is 17.8. The van der Waals surface area contributed by atoms with E-state index in [0.717, 1.165) is 29.9 Å². The van der Waals surface area contributed by atoms with Crippen LogP contribution < -0.4 is 10.6 Å². The molecule has 6 nitrogen and oxygen atoms in total. The maximum absolute atomic E-state index is 11.2. The van der Waals surface area contributed by atoms with Crippen LogP contribution in [0.1, 0.15) is 16.8 Å². The SMILES string of the molecule is Cn1c(N2CC[C@H](O)C2)nc2cc(C(N)=O)ccc21. The van der Waals surface area contributed by atoms with E-state index in [4.69, 9.17) is 5.73 Å². The van der Waals surface area contributed by atoms with Crippen molar-refractivity contribution in [1.29, 1.82) is 0 Å². The van der Waals surface area contributed by atoms with E-state index >= 15 is 0 Å². The number of nitrogens with zero attached hydrogens (tertiary/aromatic N) is 3. The Bertz CT molecular complexity index is 649. The molecule has 1 aromatic carbocycles. The van der Waals surface area contributed by atoms with Crippen LogP contribution in [0.2, 0.25) is 0 Å². The molecule has 0 radical (unpaired) electrons. The van der Waals surface area contributed by atoms with Gasteiger partial charge in [-0.05, 0) is 24.6 Å². The molecule has 0 spiro atoms. The van der Waals surface area contributed by atoms with Gasteiger partial charge >= 0.3 is 0 Å². The smallest absolute Gasteiger partial charge is 0.248 e. The van der Waals surface area contributed by atoms with Crippen LogP contribution in [0.25, 0.3) is 11.0 Å². The molecule has 0 bridgehead atoms. The molecule has 1 fully saturated rings. The zero-order valence-electron chi connectivity index (χ0n) is 10.7. The lowest BCUT2D eigenvalue weighted by atomic mass is 10.2. The Labute approximate surface area is 110 Å². The lowest BCUT2D eigenvalue weighted by Crippen LogP contribution is -2.24. The minimum Gasteiger partial charge on any atom is -0.391 e. The summed E-state index contributed by atoms with van der Waals surface area (Å²) in [5, 5.41) is 9.60. The number of imidazole rings is 1. The van der Waals surface area contributed by atoms with Crippen molar-refractivity contribution in [1.82, 2.24) is 9.55 Å². The molecular formula is C13H16N4O2. The van der Waals surface area contributed by atoms with Gasteiger partial charge in [-0.15, -0.1) is 0 Å². The molecule has 3 N–H and O–H groups in total. The summed E-state index contributed by atoms with van der Waals surface area (Å²) >= 11 is 0. The first-order valence-corrected chi connectivity index (χ1v) is 6.25. The van der Waals surface area contributed by atoms with Crippen molar-refractivity contribution in [2.24, 2.45) is 12.8 Å². The van der Waals surface area contributed by atoms with Crippen molar-refractivity contribution in [3.05, 3.63) is 23.8 Å². The molecule has 0 aliphatic carbocycles. The highest BCUT2D eigenvalue weighted by Gasteiger charge is 2.24. The molecule has 1 aromatic heterocycles. The van der Waals surface area contributed by atoms with Crippen LogP contribution in [0.15, 0.2) is 18.2 Å². The summed E-state index contributed by atoms with van der Waals surface area (Å²) in [6, 6.07) is 5.25. The van der Waals surface area contributed by atoms with E-state index in [1.54, 1.807) is 12.1 Å². The summed E-state index contributed by atoms with van der Waals surface area (Å²) in [5.74, 6) is 0.360. The van der Waals surface area contributed by atoms with Crippen LogP contribution >= 0.6 is 0 Å². The first-order chi connectivity index (χ1) is 9.06. The average molecular weight is 260 g/mol. The predicted molar refractivity (Wildman–Crippen MR) is 72.1 cm³/mol. The van der Waals surface area contributed by atoms with E-state index in [-0.39, 0.29) is 6.10 Å². The molecule has 2 heterocycles. The van der Waals surface area contributed by atoms with Gasteiger partial charge in [0.15, 0.2) is 0 Å². The van der Waals surface area contributed by atoms with Crippen molar-refractivity contribution in [3.63, 3.8) is 0 Å². The number of hydrogen-bond acceptors (Lipinski definition) is 4. The predicted octanol–water partition coefficient (Wildman–Crippen LogP) is 0.243. The highest BCUT2D eigenvalue weighted by atomic mass is 16.3. The maximum atomic E-state index is 11.2. The van der Waals surface area contributed by atoms with E-state index in [2.05, 4.69) is 9.88 Å². The fraction of sp³-hybridized carbons (Fsp3) is 0.385. The van der Waals surface area contributed by atoms with Gasteiger partial charge < -0.3 is 20.3 Å². The second kappa shape index (κ2) is 4.24. The van der Waals surface area contributed by atoms with Gasteiger partial charge in [0.05, 0.1) is 17.1 Å². The third kappa shape index (κ3) is 1.94. The first-order valence-electron chi connectivity index (χ1n) is 6.25. The summed E-state index contributed by atoms with van der Waals surface area (Å²) in [5.41, 5.74) is 7.42. The van der Waals surface area contributed by atoms with E-state index in [1.807, 2.05) is 17.7 Å². The van der Waals surface area contributed by atoms with Crippen molar-refractivity contribution in [2.75, 3.05) is 18.0 Å². The van der Waals surface area contributed by atoms with Gasteiger partial charge in [-0.25, -0.2) is 4.98 Å². The highest BCUT2D eigenvalue weighted by molar-refractivity contribution is 5.96. The molecule has 1 atom stereocenters. The Morgan fingerprint density at radius 3 is 2.95 bits per heavy atom. The normalized spacial score (nSPS) is 19.3. The molecule has 19 heavy (non-hydrogen) atoms. The molecule has 0 unspecified atom stereocenters. The van der Waals surface area contributed by atoms with Gasteiger partial charge in [0.25, 0.3) is 0 Å². The molecule has 0 saturated carbocycles. The number of nitrogens with two attached hydrogens (primary N) is 1. The van der Waals surface area contributed by atoms with Crippen LogP contribution in [-0.4, -0.2) is 39.8 Å². The molecule has 3 rings (SSSR count). The Hall–Kier alpha value is -2.08. The molecule has 1 aliphatic heterocycles. The third-order valence-electron chi connectivity index (χ3n) is 3.59. The number of rotatable bonds is 2. The number of carbonyl (C=O) groups is 1. The molecule has 1 amide bonds. The number of aliphatic hydroxyl groups excluding tert-OH is 1. The lowest BCUT2D eigenvalue weighted by molar-refractivity contribution is 0.100. The zero-order chi connectivity index (χ0) is 13.6. The average Bonchev–Trinajstić information content (AvgIpc) is 2.93. The highest BCUT2D eigenvalue weighted by Crippen LogP contribution is 2.25. The fourth-order valence-electron chi connectivity index (χ4n) is 2.55. The van der Waals surface area contributed by atoms with Gasteiger partial charge in [-0.2, -0.15) is 0 Å². The molecule has 2 aromatic rings. The molecule has 1 saturated heterocycles. The number of anilines is 1. The van der Waals surface area contributed by atoms with E-state index in [9.17, 15) is 9.90 Å². The third-order valence-corrected chi connectivity index (χ3v) is 3.59. The Balaban J connectivity index is 2.07. The maximum Gasteiger partial charge on any atom is 0.248 e. The van der Waals surface area contributed by atoms with Crippen molar-refractivity contribution in [3.8, 4) is 0 Å². The number of carbonyl (C=O) groups excluding carboxylic acids is 1. The van der Waals surface area contributed by atoms with E-state index in [1.165, 1.54) is 0 Å². The van der Waals surface area contributed by atoms with Crippen LogP contribution in [0.3, 0.4) is 0 Å². The Morgan fingerprint density at radius 1 is 1.53 bits per heavy atom. The number of aryl methyl sites for hydroxylation is 1. The number of benzene rings is 1. The minimum absolute atomic E-state index is 0.291. The number of aromatic nitrogens is 2. The largest absolute Gasteiger partial charge is 0.391 e. The van der Waals surface area contributed by atoms with Gasteiger partial charge in [-0.1, -0.05) is 0 Å². The zero-order valence-corrected chi connectivity index (χ0v) is 10.7. The van der Waals surface area contributed by atoms with Gasteiger partial charge in [0, 0.05) is 25.7 Å². The standard InChI is InChI=1S/C13H16N4O2/c1-16-11-3-2-8(12(14)19)6-10(11)15-13(16)17-5-4-9(18)7-17/h2-3,6,9,18H,4-5,7H2,1H3,(H2,14,19)/t9-/m0/s1. The summed E-state index contributed by atoms with van der Waals surface area (Å²) in [6.45, 7) is 1.39. The fourth-order valence-corrected chi connectivity index (χ4v) is 2.55. The Morgan fingerprint density at radius 2 is 2.32 bits per heavy atom. The molecule has 1 aliphatic rings. The van der Waals surface area contributed by atoms with Crippen LogP contribution in [0.4, 0.5) is 5.95 Å². The van der Waals surface area contributed by atoms with Gasteiger partial charge in [0.2, 0.25) is 11.9 Å². The summed E-state index contributed by atoms with van der Waals surface area (Å²) in [7, 11) is 1.93. The molecular weight excluding hydrogens is 244 g/mol. The number of aliphatic hydroxyl groups is 1. The topological polar surface area (TPSA) is 84.4 Å². The van der Waals surface area contributed by atoms with Crippen molar-refractivity contribution < 1.29 is 9.90 Å². The minimum atomic E-state index is -0.453. The number of fused-ring (bicyclic) bond motifs is 1. The van der Waals surface area contributed by atoms with Crippen LogP contribution in [0.5, 0.6) is 0 Å². The van der Waals surface area contributed by atoms with Crippen LogP contribution in [-0.2, 0) is 7.05 Å². The lowest BCUT2D eigenvalue weighted by Gasteiger charge is -2.16. The Kier molecular flexibility index (Phi) is 2.67. The van der Waals surface area contributed by atoms with E-state index < -0.39 is 5.91 Å². The first kappa shape index (κ1) is 12.0. The van der Waals surface area contributed by atoms with Gasteiger partial charge in [0.1, 0.15) is 0 Å². The van der Waals surface area contributed by atoms with Gasteiger partial charge in [-0.3, -0.25) is 4.79 Å². The van der Waals surface area contributed by atoms with Crippen molar-refractivity contribution in [2.45, 2.75) is 12.5 Å². The second-order valence-corrected chi connectivity index (χ2v) is 4.93. The number of primary amides is 1. The quantitative estimate of drug-likeness (QED) is 0.810. The summed E-state index contributed by atoms with van der Waals surface area (Å²) in [6.07, 6.45) is 0.469. The molecule has 100 valence electrons. The van der Waals surface area contributed by atoms with Crippen molar-refractivity contribution >= 4 is 22.9 Å². The van der Waals surface area contributed by atoms with Crippen LogP contribution in [0, 0.1) is 0 Å². The number of β-amino-alcohol motifs (C(OH)–C–C–N with tert-alkyl or cyclic N) is 1. The van der Waals surface area contributed by atoms with E-state index in [0.29, 0.717) is 12.1 Å². The monoisotopic (exact) mass is 260 g/mol. The molecule has 6 heteroatoms.